The van der Waals surface area contributed by atoms with Crippen molar-refractivity contribution in [2.75, 3.05) is 0 Å². The number of hydrogen-bond donors (Lipinski definition) is 0. The van der Waals surface area contributed by atoms with Crippen molar-refractivity contribution in [3.05, 3.63) is 34.9 Å². The van der Waals surface area contributed by atoms with Gasteiger partial charge in [0.1, 0.15) is 5.78 Å². The maximum atomic E-state index is 11.7. The molecular weight excluding hydrogens is 232 g/mol. The fourth-order valence-corrected chi connectivity index (χ4v) is 2.32. The van der Waals surface area contributed by atoms with Crippen LogP contribution in [0.1, 0.15) is 19.4 Å². The summed E-state index contributed by atoms with van der Waals surface area (Å²) in [6.07, 6.45) is 0. The van der Waals surface area contributed by atoms with Crippen LogP contribution in [0.4, 0.5) is 0 Å². The van der Waals surface area contributed by atoms with Gasteiger partial charge in [-0.25, -0.2) is 0 Å². The topological polar surface area (TPSA) is 34.1 Å². The van der Waals surface area contributed by atoms with Crippen LogP contribution in [0.2, 0.25) is 5.02 Å². The smallest absolute Gasteiger partial charge is 0.145 e. The molecule has 2 atom stereocenters. The monoisotopic (exact) mass is 244 g/mol. The highest BCUT2D eigenvalue weighted by Crippen LogP contribution is 2.12. The molecule has 0 fully saturated rings. The molecule has 1 aromatic rings. The number of rotatable bonds is 4. The van der Waals surface area contributed by atoms with Gasteiger partial charge in [0.25, 0.3) is 0 Å². The molecule has 0 radical (unpaired) electrons. The van der Waals surface area contributed by atoms with E-state index in [1.54, 1.807) is 19.1 Å². The SMILES string of the molecule is CC(=O)C(C)S(=O)Cc1ccc(Cl)cc1. The highest BCUT2D eigenvalue weighted by Gasteiger charge is 2.15. The highest BCUT2D eigenvalue weighted by molar-refractivity contribution is 7.85. The molecule has 0 aromatic heterocycles. The van der Waals surface area contributed by atoms with Crippen LogP contribution in [-0.4, -0.2) is 15.2 Å². The van der Waals surface area contributed by atoms with E-state index >= 15 is 0 Å². The Hall–Kier alpha value is -0.670. The number of benzene rings is 1. The molecule has 0 saturated heterocycles. The first-order valence-electron chi connectivity index (χ1n) is 4.63. The number of halogens is 1. The zero-order valence-corrected chi connectivity index (χ0v) is 10.3. The quantitative estimate of drug-likeness (QED) is 0.816. The fraction of sp³-hybridized carbons (Fsp3) is 0.364. The van der Waals surface area contributed by atoms with E-state index in [2.05, 4.69) is 0 Å². The number of hydrogen-bond acceptors (Lipinski definition) is 2. The lowest BCUT2D eigenvalue weighted by Crippen LogP contribution is -2.20. The van der Waals surface area contributed by atoms with Gasteiger partial charge < -0.3 is 0 Å². The van der Waals surface area contributed by atoms with Gasteiger partial charge in [-0.1, -0.05) is 23.7 Å². The van der Waals surface area contributed by atoms with E-state index in [0.29, 0.717) is 10.8 Å². The van der Waals surface area contributed by atoms with Gasteiger partial charge in [-0.3, -0.25) is 9.00 Å². The summed E-state index contributed by atoms with van der Waals surface area (Å²) in [5, 5.41) is 0.254. The zero-order chi connectivity index (χ0) is 11.4. The van der Waals surface area contributed by atoms with Crippen molar-refractivity contribution in [2.24, 2.45) is 0 Å². The van der Waals surface area contributed by atoms with E-state index in [-0.39, 0.29) is 5.78 Å². The van der Waals surface area contributed by atoms with Gasteiger partial charge in [0.2, 0.25) is 0 Å². The van der Waals surface area contributed by atoms with Crippen molar-refractivity contribution in [2.45, 2.75) is 24.9 Å². The molecule has 0 aliphatic carbocycles. The van der Waals surface area contributed by atoms with Gasteiger partial charge in [-0.05, 0) is 31.5 Å². The van der Waals surface area contributed by atoms with E-state index in [0.717, 1.165) is 5.56 Å². The molecule has 0 spiro atoms. The Kier molecular flexibility index (Phi) is 4.48. The lowest BCUT2D eigenvalue weighted by Gasteiger charge is -2.07. The van der Waals surface area contributed by atoms with Gasteiger partial charge >= 0.3 is 0 Å². The van der Waals surface area contributed by atoms with Crippen molar-refractivity contribution in [1.29, 1.82) is 0 Å². The van der Waals surface area contributed by atoms with Gasteiger partial charge in [-0.2, -0.15) is 0 Å². The van der Waals surface area contributed by atoms with E-state index in [1.807, 2.05) is 12.1 Å². The molecular formula is C11H13ClO2S. The van der Waals surface area contributed by atoms with Crippen LogP contribution >= 0.6 is 11.6 Å². The molecule has 2 nitrogen and oxygen atoms in total. The second kappa shape index (κ2) is 5.42. The van der Waals surface area contributed by atoms with Crippen molar-refractivity contribution in [1.82, 2.24) is 0 Å². The normalized spacial score (nSPS) is 14.6. The van der Waals surface area contributed by atoms with E-state index in [4.69, 9.17) is 11.6 Å². The van der Waals surface area contributed by atoms with Crippen molar-refractivity contribution >= 4 is 28.2 Å². The van der Waals surface area contributed by atoms with Crippen LogP contribution in [0.15, 0.2) is 24.3 Å². The van der Waals surface area contributed by atoms with Crippen molar-refractivity contribution < 1.29 is 9.00 Å². The molecule has 82 valence electrons. The van der Waals surface area contributed by atoms with Crippen molar-refractivity contribution in [3.63, 3.8) is 0 Å². The summed E-state index contributed by atoms with van der Waals surface area (Å²) in [7, 11) is -1.15. The summed E-state index contributed by atoms with van der Waals surface area (Å²) < 4.78 is 11.7. The second-order valence-corrected chi connectivity index (χ2v) is 5.60. The third kappa shape index (κ3) is 3.76. The number of carbonyl (C=O) groups excluding carboxylic acids is 1. The third-order valence-corrected chi connectivity index (χ3v) is 4.18. The Morgan fingerprint density at radius 1 is 1.40 bits per heavy atom. The van der Waals surface area contributed by atoms with Crippen LogP contribution in [0.5, 0.6) is 0 Å². The van der Waals surface area contributed by atoms with Crippen LogP contribution in [0, 0.1) is 0 Å². The molecule has 0 heterocycles. The minimum atomic E-state index is -1.15. The molecule has 0 aliphatic heterocycles. The lowest BCUT2D eigenvalue weighted by molar-refractivity contribution is -0.116. The van der Waals surface area contributed by atoms with E-state index in [1.165, 1.54) is 6.92 Å². The molecule has 1 rings (SSSR count). The Balaban J connectivity index is 2.66. The summed E-state index contributed by atoms with van der Waals surface area (Å²) in [4.78, 5) is 11.0. The summed E-state index contributed by atoms with van der Waals surface area (Å²) in [6.45, 7) is 3.15. The van der Waals surface area contributed by atoms with Gasteiger partial charge in [0, 0.05) is 21.6 Å². The Morgan fingerprint density at radius 2 is 1.93 bits per heavy atom. The maximum Gasteiger partial charge on any atom is 0.145 e. The molecule has 15 heavy (non-hydrogen) atoms. The predicted octanol–water partition coefficient (Wildman–Crippen LogP) is 2.57. The third-order valence-electron chi connectivity index (χ3n) is 2.19. The van der Waals surface area contributed by atoms with Crippen molar-refractivity contribution in [3.8, 4) is 0 Å². The summed E-state index contributed by atoms with van der Waals surface area (Å²) >= 11 is 5.73. The number of ketones is 1. The van der Waals surface area contributed by atoms with Crippen LogP contribution in [0.25, 0.3) is 0 Å². The van der Waals surface area contributed by atoms with Gasteiger partial charge in [-0.15, -0.1) is 0 Å². The molecule has 0 amide bonds. The summed E-state index contributed by atoms with van der Waals surface area (Å²) in [6, 6.07) is 7.17. The Morgan fingerprint density at radius 3 is 2.40 bits per heavy atom. The predicted molar refractivity (Wildman–Crippen MR) is 63.4 cm³/mol. The average Bonchev–Trinajstić information content (AvgIpc) is 2.20. The first-order valence-corrected chi connectivity index (χ1v) is 6.39. The Bertz CT molecular complexity index is 373. The highest BCUT2D eigenvalue weighted by atomic mass is 35.5. The minimum Gasteiger partial charge on any atom is -0.299 e. The standard InChI is InChI=1S/C11H13ClO2S/c1-8(13)9(2)15(14)7-10-3-5-11(12)6-4-10/h3-6,9H,7H2,1-2H3. The summed E-state index contributed by atoms with van der Waals surface area (Å²) in [5.74, 6) is 0.361. The Labute approximate surface area is 97.1 Å². The first kappa shape index (κ1) is 12.4. The first-order chi connectivity index (χ1) is 7.00. The van der Waals surface area contributed by atoms with E-state index < -0.39 is 16.0 Å². The average molecular weight is 245 g/mol. The molecule has 0 N–H and O–H groups in total. The maximum absolute atomic E-state index is 11.7. The second-order valence-electron chi connectivity index (χ2n) is 3.40. The largest absolute Gasteiger partial charge is 0.299 e. The number of Topliss-reactive ketones (excluding diaryl/α,β-unsaturated/α-hetero) is 1. The molecule has 1 aromatic carbocycles. The van der Waals surface area contributed by atoms with Crippen LogP contribution in [-0.2, 0) is 21.3 Å². The van der Waals surface area contributed by atoms with Crippen LogP contribution < -0.4 is 0 Å². The van der Waals surface area contributed by atoms with Crippen LogP contribution in [0.3, 0.4) is 0 Å². The molecule has 2 unspecified atom stereocenters. The molecule has 4 heteroatoms. The van der Waals surface area contributed by atoms with Gasteiger partial charge in [0.15, 0.2) is 0 Å². The molecule has 0 bridgehead atoms. The zero-order valence-electron chi connectivity index (χ0n) is 8.70. The minimum absolute atomic E-state index is 0.0395. The molecule has 0 aliphatic rings. The lowest BCUT2D eigenvalue weighted by atomic mass is 10.2. The summed E-state index contributed by atoms with van der Waals surface area (Å²) in [5.41, 5.74) is 0.936. The fourth-order valence-electron chi connectivity index (χ4n) is 1.06. The number of carbonyl (C=O) groups is 1. The molecule has 0 saturated carbocycles. The van der Waals surface area contributed by atoms with Gasteiger partial charge in [0.05, 0.1) is 5.25 Å². The van der Waals surface area contributed by atoms with E-state index in [9.17, 15) is 9.00 Å².